The highest BCUT2D eigenvalue weighted by molar-refractivity contribution is 9.10. The standard InChI is InChI=1S/C37H35BrO13/c1-3-33(40)45-19-5-7-21-47-36(43)50-28-12-9-25(10-13-28)23-32(39)30-18-11-26(24-31(30)38)35(42)49-27-14-16-29(17-15-27)51-37(44)48-22-8-6-20-46-34(41)4-2/h3-4,9-18,24H,1-2,5-8,19-23H2. The average molecular weight is 768 g/mol. The molecule has 0 amide bonds. The van der Waals surface area contributed by atoms with Crippen molar-refractivity contribution in [2.24, 2.45) is 0 Å². The zero-order valence-corrected chi connectivity index (χ0v) is 29.1. The third kappa shape index (κ3) is 14.7. The Labute approximate surface area is 302 Å². The summed E-state index contributed by atoms with van der Waals surface area (Å²) in [6.07, 6.45) is 2.33. The molecule has 268 valence electrons. The van der Waals surface area contributed by atoms with E-state index in [4.69, 9.17) is 33.2 Å². The lowest BCUT2D eigenvalue weighted by atomic mass is 10.0. The van der Waals surface area contributed by atoms with Crippen LogP contribution in [0.2, 0.25) is 0 Å². The first-order valence-electron chi connectivity index (χ1n) is 15.6. The van der Waals surface area contributed by atoms with E-state index in [9.17, 15) is 28.8 Å². The van der Waals surface area contributed by atoms with E-state index in [0.717, 1.165) is 12.2 Å². The average Bonchev–Trinajstić information content (AvgIpc) is 3.12. The Kier molecular flexibility index (Phi) is 16.6. The molecule has 0 aliphatic rings. The number of carbonyl (C=O) groups is 6. The number of ether oxygens (including phenoxy) is 7. The summed E-state index contributed by atoms with van der Waals surface area (Å²) in [4.78, 5) is 71.5. The molecule has 3 rings (SSSR count). The van der Waals surface area contributed by atoms with E-state index < -0.39 is 30.2 Å². The van der Waals surface area contributed by atoms with E-state index in [1.165, 1.54) is 54.6 Å². The smallest absolute Gasteiger partial charge is 0.463 e. The molecule has 0 fully saturated rings. The summed E-state index contributed by atoms with van der Waals surface area (Å²) in [5.41, 5.74) is 1.19. The molecule has 0 aromatic heterocycles. The minimum absolute atomic E-state index is 0.0404. The third-order valence-electron chi connectivity index (χ3n) is 6.57. The van der Waals surface area contributed by atoms with Gasteiger partial charge in [0.1, 0.15) is 17.2 Å². The number of unbranched alkanes of at least 4 members (excludes halogenated alkanes) is 2. The molecule has 0 N–H and O–H groups in total. The topological polar surface area (TPSA) is 167 Å². The van der Waals surface area contributed by atoms with Gasteiger partial charge in [0.2, 0.25) is 0 Å². The number of halogens is 1. The first-order chi connectivity index (χ1) is 24.6. The maximum Gasteiger partial charge on any atom is 0.513 e. The minimum atomic E-state index is -0.915. The minimum Gasteiger partial charge on any atom is -0.463 e. The van der Waals surface area contributed by atoms with Gasteiger partial charge >= 0.3 is 30.2 Å². The lowest BCUT2D eigenvalue weighted by Gasteiger charge is -2.09. The zero-order valence-electron chi connectivity index (χ0n) is 27.5. The van der Waals surface area contributed by atoms with Gasteiger partial charge in [0.15, 0.2) is 5.78 Å². The van der Waals surface area contributed by atoms with Crippen LogP contribution < -0.4 is 14.2 Å². The quantitative estimate of drug-likeness (QED) is 0.0230. The van der Waals surface area contributed by atoms with Crippen LogP contribution in [0.4, 0.5) is 9.59 Å². The molecule has 3 aromatic rings. The van der Waals surface area contributed by atoms with Crippen molar-refractivity contribution in [3.63, 3.8) is 0 Å². The second-order valence-corrected chi connectivity index (χ2v) is 11.2. The predicted molar refractivity (Wildman–Crippen MR) is 185 cm³/mol. The predicted octanol–water partition coefficient (Wildman–Crippen LogP) is 7.14. The highest BCUT2D eigenvalue weighted by Crippen LogP contribution is 2.24. The zero-order chi connectivity index (χ0) is 37.0. The van der Waals surface area contributed by atoms with Crippen LogP contribution in [0.1, 0.15) is 52.0 Å². The molecule has 14 heteroatoms. The molecule has 0 atom stereocenters. The molecule has 0 aliphatic heterocycles. The van der Waals surface area contributed by atoms with Gasteiger partial charge in [0.25, 0.3) is 0 Å². The molecule has 0 unspecified atom stereocenters. The first kappa shape index (κ1) is 39.7. The molecule has 0 spiro atoms. The van der Waals surface area contributed by atoms with Crippen molar-refractivity contribution in [1.29, 1.82) is 0 Å². The van der Waals surface area contributed by atoms with Crippen LogP contribution in [0.25, 0.3) is 0 Å². The van der Waals surface area contributed by atoms with Gasteiger partial charge in [-0.15, -0.1) is 0 Å². The normalized spacial score (nSPS) is 10.2. The van der Waals surface area contributed by atoms with Gasteiger partial charge in [0, 0.05) is 28.6 Å². The monoisotopic (exact) mass is 766 g/mol. The van der Waals surface area contributed by atoms with Crippen molar-refractivity contribution < 1.29 is 61.9 Å². The summed E-state index contributed by atoms with van der Waals surface area (Å²) in [7, 11) is 0. The molecule has 13 nitrogen and oxygen atoms in total. The summed E-state index contributed by atoms with van der Waals surface area (Å²) < 4.78 is 35.7. The van der Waals surface area contributed by atoms with Crippen LogP contribution in [-0.2, 0) is 35.0 Å². The van der Waals surface area contributed by atoms with Gasteiger partial charge in [-0.1, -0.05) is 41.2 Å². The van der Waals surface area contributed by atoms with Crippen molar-refractivity contribution in [2.75, 3.05) is 26.4 Å². The van der Waals surface area contributed by atoms with Crippen molar-refractivity contribution in [1.82, 2.24) is 0 Å². The molecule has 0 aliphatic carbocycles. The van der Waals surface area contributed by atoms with E-state index in [1.807, 2.05) is 0 Å². The Morgan fingerprint density at radius 3 is 1.45 bits per heavy atom. The van der Waals surface area contributed by atoms with E-state index >= 15 is 0 Å². The van der Waals surface area contributed by atoms with Gasteiger partial charge in [0.05, 0.1) is 32.0 Å². The second-order valence-electron chi connectivity index (χ2n) is 10.4. The molecule has 51 heavy (non-hydrogen) atoms. The van der Waals surface area contributed by atoms with E-state index in [0.29, 0.717) is 41.3 Å². The lowest BCUT2D eigenvalue weighted by molar-refractivity contribution is -0.138. The summed E-state index contributed by atoms with van der Waals surface area (Å²) in [6, 6.07) is 16.5. The van der Waals surface area contributed by atoms with Crippen LogP contribution in [0.5, 0.6) is 17.2 Å². The van der Waals surface area contributed by atoms with E-state index in [1.54, 1.807) is 12.1 Å². The second kappa shape index (κ2) is 21.4. The van der Waals surface area contributed by atoms with Gasteiger partial charge in [-0.2, -0.15) is 0 Å². The molecule has 0 saturated carbocycles. The molecule has 3 aromatic carbocycles. The van der Waals surface area contributed by atoms with Crippen molar-refractivity contribution in [3.8, 4) is 17.2 Å². The SMILES string of the molecule is C=CC(=O)OCCCCOC(=O)Oc1ccc(CC(=O)c2ccc(C(=O)Oc3ccc(OC(=O)OCCCCOC(=O)C=C)cc3)cc2Br)cc1. The molecular weight excluding hydrogens is 732 g/mol. The van der Waals surface area contributed by atoms with Crippen molar-refractivity contribution in [3.05, 3.63) is 113 Å². The summed E-state index contributed by atoms with van der Waals surface area (Å²) >= 11 is 3.36. The Bertz CT molecular complexity index is 1700. The van der Waals surface area contributed by atoms with Gasteiger partial charge in [-0.3, -0.25) is 4.79 Å². The first-order valence-corrected chi connectivity index (χ1v) is 16.4. The Morgan fingerprint density at radius 2 is 1.00 bits per heavy atom. The maximum atomic E-state index is 13.0. The highest BCUT2D eigenvalue weighted by Gasteiger charge is 2.16. The van der Waals surface area contributed by atoms with Gasteiger partial charge in [-0.25, -0.2) is 24.0 Å². The number of benzene rings is 3. The molecule has 0 heterocycles. The Morgan fingerprint density at radius 1 is 0.569 bits per heavy atom. The number of Topliss-reactive ketones (excluding diaryl/α,β-unsaturated/α-hetero) is 1. The summed E-state index contributed by atoms with van der Waals surface area (Å²) in [5, 5.41) is 0. The number of ketones is 1. The Hall–Kier alpha value is -5.76. The van der Waals surface area contributed by atoms with Crippen LogP contribution in [0, 0.1) is 0 Å². The fourth-order valence-corrected chi connectivity index (χ4v) is 4.60. The third-order valence-corrected chi connectivity index (χ3v) is 7.23. The molecule has 0 radical (unpaired) electrons. The molecule has 0 saturated heterocycles. The summed E-state index contributed by atoms with van der Waals surface area (Å²) in [5.74, 6) is -1.34. The van der Waals surface area contributed by atoms with Crippen LogP contribution >= 0.6 is 15.9 Å². The summed E-state index contributed by atoms with van der Waals surface area (Å²) in [6.45, 7) is 7.14. The number of esters is 3. The number of carbonyl (C=O) groups excluding carboxylic acids is 6. The number of rotatable bonds is 19. The fourth-order valence-electron chi connectivity index (χ4n) is 4.00. The van der Waals surface area contributed by atoms with Crippen LogP contribution in [0.15, 0.2) is 96.5 Å². The maximum absolute atomic E-state index is 13.0. The molecule has 0 bridgehead atoms. The molecular formula is C37H35BrO13. The van der Waals surface area contributed by atoms with Gasteiger partial charge in [-0.05, 0) is 85.8 Å². The highest BCUT2D eigenvalue weighted by atomic mass is 79.9. The van der Waals surface area contributed by atoms with Crippen LogP contribution in [-0.4, -0.2) is 62.4 Å². The van der Waals surface area contributed by atoms with Crippen LogP contribution in [0.3, 0.4) is 0 Å². The van der Waals surface area contributed by atoms with E-state index in [2.05, 4.69) is 29.1 Å². The number of hydrogen-bond acceptors (Lipinski definition) is 13. The number of hydrogen-bond donors (Lipinski definition) is 0. The largest absolute Gasteiger partial charge is 0.513 e. The Balaban J connectivity index is 1.40. The van der Waals surface area contributed by atoms with Crippen molar-refractivity contribution >= 4 is 51.9 Å². The van der Waals surface area contributed by atoms with Gasteiger partial charge < -0.3 is 33.2 Å². The van der Waals surface area contributed by atoms with E-state index in [-0.39, 0.29) is 61.4 Å². The van der Waals surface area contributed by atoms with Crippen molar-refractivity contribution in [2.45, 2.75) is 32.1 Å². The lowest BCUT2D eigenvalue weighted by Crippen LogP contribution is -2.12. The fraction of sp³-hybridized carbons (Fsp3) is 0.243.